The molecular weight excluding hydrogens is 433 g/mol. The summed E-state index contributed by atoms with van der Waals surface area (Å²) in [5.74, 6) is -0.537. The Morgan fingerprint density at radius 3 is 2.75 bits per heavy atom. The van der Waals surface area contributed by atoms with Gasteiger partial charge in [-0.2, -0.15) is 0 Å². The second kappa shape index (κ2) is 8.82. The summed E-state index contributed by atoms with van der Waals surface area (Å²) >= 11 is 0. The molecule has 1 aromatic heterocycles. The maximum absolute atomic E-state index is 12.7. The van der Waals surface area contributed by atoms with E-state index in [0.717, 1.165) is 18.7 Å². The van der Waals surface area contributed by atoms with Crippen molar-refractivity contribution in [3.63, 3.8) is 0 Å². The fraction of sp³-hybridized carbons (Fsp3) is 0.526. The molecule has 2 aliphatic heterocycles. The summed E-state index contributed by atoms with van der Waals surface area (Å²) in [6.45, 7) is 4.06. The molecule has 1 aromatic carbocycles. The third-order valence-electron chi connectivity index (χ3n) is 5.46. The minimum atomic E-state index is -4.76. The van der Waals surface area contributed by atoms with Gasteiger partial charge in [0.2, 0.25) is 0 Å². The van der Waals surface area contributed by atoms with Crippen molar-refractivity contribution in [3.05, 3.63) is 40.1 Å². The van der Waals surface area contributed by atoms with E-state index >= 15 is 0 Å². The second-order valence-electron chi connectivity index (χ2n) is 7.81. The van der Waals surface area contributed by atoms with E-state index in [4.69, 9.17) is 4.74 Å². The van der Waals surface area contributed by atoms with Gasteiger partial charge < -0.3 is 34.7 Å². The highest BCUT2D eigenvalue weighted by atomic mass is 19.4. The Kier molecular flexibility index (Phi) is 6.11. The van der Waals surface area contributed by atoms with E-state index in [0.29, 0.717) is 31.9 Å². The van der Waals surface area contributed by atoms with E-state index < -0.39 is 11.3 Å². The van der Waals surface area contributed by atoms with Crippen molar-refractivity contribution >= 4 is 11.5 Å². The topological polar surface area (TPSA) is 97.9 Å². The van der Waals surface area contributed by atoms with Crippen molar-refractivity contribution in [2.24, 2.45) is 0 Å². The first-order chi connectivity index (χ1) is 15.2. The molecule has 0 aliphatic carbocycles. The lowest BCUT2D eigenvalue weighted by Crippen LogP contribution is -2.45. The number of rotatable bonds is 6. The van der Waals surface area contributed by atoms with Gasteiger partial charge in [-0.25, -0.2) is 0 Å². The highest BCUT2D eigenvalue weighted by Gasteiger charge is 2.32. The Bertz CT molecular complexity index is 974. The minimum Gasteiger partial charge on any atom is -0.444 e. The number of piperazine rings is 1. The quantitative estimate of drug-likeness (QED) is 0.521. The van der Waals surface area contributed by atoms with Crippen LogP contribution in [-0.4, -0.2) is 71.6 Å². The number of alkyl halides is 3. The van der Waals surface area contributed by atoms with Crippen LogP contribution < -0.4 is 19.7 Å². The first-order valence-electron chi connectivity index (χ1n) is 10.1. The number of halogens is 3. The fourth-order valence-corrected chi connectivity index (χ4v) is 3.79. The van der Waals surface area contributed by atoms with Crippen LogP contribution >= 0.6 is 0 Å². The van der Waals surface area contributed by atoms with E-state index in [1.165, 1.54) is 18.3 Å². The van der Waals surface area contributed by atoms with Crippen molar-refractivity contribution < 1.29 is 27.6 Å². The molecule has 10 nitrogen and oxygen atoms in total. The van der Waals surface area contributed by atoms with Gasteiger partial charge in [0.1, 0.15) is 18.6 Å². The van der Waals surface area contributed by atoms with Gasteiger partial charge in [0.05, 0.1) is 6.04 Å². The molecule has 13 heteroatoms. The zero-order valence-electron chi connectivity index (χ0n) is 17.3. The van der Waals surface area contributed by atoms with E-state index in [1.807, 2.05) is 7.05 Å². The van der Waals surface area contributed by atoms with Crippen LogP contribution in [0.4, 0.5) is 24.7 Å². The molecule has 0 saturated carbocycles. The number of nitrogens with one attached hydrogen (secondary N) is 1. The summed E-state index contributed by atoms with van der Waals surface area (Å²) in [5, 5.41) is 14.2. The van der Waals surface area contributed by atoms with Gasteiger partial charge in [-0.3, -0.25) is 4.57 Å². The molecule has 3 heterocycles. The third kappa shape index (κ3) is 5.22. The average Bonchev–Trinajstić information content (AvgIpc) is 3.16. The highest BCUT2D eigenvalue weighted by Crippen LogP contribution is 2.31. The van der Waals surface area contributed by atoms with Gasteiger partial charge >= 0.3 is 18.2 Å². The zero-order chi connectivity index (χ0) is 22.9. The number of hydrogen-bond acceptors (Lipinski definition) is 8. The Balaban J connectivity index is 1.47. The van der Waals surface area contributed by atoms with Crippen LogP contribution in [-0.2, 0) is 13.1 Å². The summed E-state index contributed by atoms with van der Waals surface area (Å²) in [7, 11) is 2.00. The van der Waals surface area contributed by atoms with Gasteiger partial charge in [-0.1, -0.05) is 6.07 Å². The average molecular weight is 456 g/mol. The molecule has 0 radical (unpaired) electrons. The van der Waals surface area contributed by atoms with Crippen molar-refractivity contribution in [3.8, 4) is 11.8 Å². The van der Waals surface area contributed by atoms with Gasteiger partial charge in [0, 0.05) is 56.0 Å². The number of imidazole rings is 1. The molecule has 0 unspecified atom stereocenters. The number of nitrogens with zero attached hydrogens (tertiary/aromatic N) is 5. The van der Waals surface area contributed by atoms with E-state index in [-0.39, 0.29) is 30.2 Å². The third-order valence-corrected chi connectivity index (χ3v) is 5.46. The molecule has 2 aromatic rings. The number of fused-ring (bicyclic) bond motifs is 1. The molecule has 1 fully saturated rings. The van der Waals surface area contributed by atoms with Gasteiger partial charge in [0.15, 0.2) is 0 Å². The first kappa shape index (κ1) is 22.1. The lowest BCUT2D eigenvalue weighted by Gasteiger charge is -2.35. The lowest BCUT2D eigenvalue weighted by molar-refractivity contribution is -0.389. The zero-order valence-corrected chi connectivity index (χ0v) is 17.3. The van der Waals surface area contributed by atoms with Crippen molar-refractivity contribution in [1.82, 2.24) is 19.8 Å². The predicted molar refractivity (Wildman–Crippen MR) is 108 cm³/mol. The Morgan fingerprint density at radius 2 is 2.06 bits per heavy atom. The SMILES string of the molecule is CN1CCN(c2cc(OC(F)(F)F)ccc2CN[C@@H]2COc3nc([N+](=O)[O-])cn3C2)CC1. The second-order valence-corrected chi connectivity index (χ2v) is 7.81. The summed E-state index contributed by atoms with van der Waals surface area (Å²) in [5.41, 5.74) is 1.51. The first-order valence-corrected chi connectivity index (χ1v) is 10.1. The molecule has 0 spiro atoms. The molecule has 0 amide bonds. The van der Waals surface area contributed by atoms with Crippen molar-refractivity contribution in [1.29, 1.82) is 0 Å². The molecule has 174 valence electrons. The molecule has 1 atom stereocenters. The molecule has 2 aliphatic rings. The molecule has 32 heavy (non-hydrogen) atoms. The Hall–Kier alpha value is -3.06. The van der Waals surface area contributed by atoms with E-state index in [9.17, 15) is 23.3 Å². The molecular formula is C19H23F3N6O4. The van der Waals surface area contributed by atoms with E-state index in [2.05, 4.69) is 24.8 Å². The maximum Gasteiger partial charge on any atom is 0.573 e. The smallest absolute Gasteiger partial charge is 0.444 e. The highest BCUT2D eigenvalue weighted by molar-refractivity contribution is 5.58. The van der Waals surface area contributed by atoms with Crippen LogP contribution in [0.25, 0.3) is 0 Å². The van der Waals surface area contributed by atoms with Gasteiger partial charge in [-0.05, 0) is 23.6 Å². The lowest BCUT2D eigenvalue weighted by atomic mass is 10.1. The fourth-order valence-electron chi connectivity index (χ4n) is 3.79. The summed E-state index contributed by atoms with van der Waals surface area (Å²) < 4.78 is 49.3. The number of likely N-dealkylation sites (N-methyl/N-ethyl adjacent to an activating group) is 1. The number of hydrogen-bond donors (Lipinski definition) is 1. The monoisotopic (exact) mass is 456 g/mol. The number of aromatic nitrogens is 2. The molecule has 4 rings (SSSR count). The van der Waals surface area contributed by atoms with Crippen molar-refractivity contribution in [2.45, 2.75) is 25.5 Å². The van der Waals surface area contributed by atoms with Crippen LogP contribution in [0.5, 0.6) is 11.8 Å². The van der Waals surface area contributed by atoms with Crippen LogP contribution in [0.1, 0.15) is 5.56 Å². The standard InChI is InChI=1S/C19H23F3N6O4/c1-25-4-6-26(7-5-25)16-8-15(32-19(20,21)22)3-2-13(16)9-23-14-10-27-11-17(28(29)30)24-18(27)31-12-14/h2-3,8,11,14,23H,4-7,9-10,12H2,1H3/t14-/m0/s1. The molecule has 1 N–H and O–H groups in total. The van der Waals surface area contributed by atoms with Crippen LogP contribution in [0.3, 0.4) is 0 Å². The summed E-state index contributed by atoms with van der Waals surface area (Å²) in [6, 6.07) is 4.40. The van der Waals surface area contributed by atoms with Crippen molar-refractivity contribution in [2.75, 3.05) is 44.7 Å². The molecule has 0 bridgehead atoms. The Labute approximate surface area is 181 Å². The van der Waals surface area contributed by atoms with E-state index in [1.54, 1.807) is 10.6 Å². The largest absolute Gasteiger partial charge is 0.573 e. The van der Waals surface area contributed by atoms with Crippen LogP contribution in [0, 0.1) is 10.1 Å². The number of anilines is 1. The van der Waals surface area contributed by atoms with Gasteiger partial charge in [0.25, 0.3) is 0 Å². The Morgan fingerprint density at radius 1 is 1.31 bits per heavy atom. The molecule has 1 saturated heterocycles. The number of ether oxygens (including phenoxy) is 2. The number of benzene rings is 1. The van der Waals surface area contributed by atoms with Crippen LogP contribution in [0.2, 0.25) is 0 Å². The summed E-state index contributed by atoms with van der Waals surface area (Å²) in [6.07, 6.45) is -3.44. The number of nitro groups is 1. The normalized spacial score (nSPS) is 19.4. The minimum absolute atomic E-state index is 0.150. The van der Waals surface area contributed by atoms with Crippen LogP contribution in [0.15, 0.2) is 24.4 Å². The van der Waals surface area contributed by atoms with Gasteiger partial charge in [-0.15, -0.1) is 13.2 Å². The maximum atomic E-state index is 12.7. The summed E-state index contributed by atoms with van der Waals surface area (Å²) in [4.78, 5) is 18.4. The predicted octanol–water partition coefficient (Wildman–Crippen LogP) is 1.99.